The number of carbonyl (C=O) groups excluding carboxylic acids is 2. The smallest absolute Gasteiger partial charge is 0.285 e. The van der Waals surface area contributed by atoms with Crippen molar-refractivity contribution >= 4 is 73.5 Å². The summed E-state index contributed by atoms with van der Waals surface area (Å²) < 4.78 is 7.11. The molecule has 31 heavy (non-hydrogen) atoms. The lowest BCUT2D eigenvalue weighted by Gasteiger charge is -2.14. The zero-order chi connectivity index (χ0) is 21.8. The van der Waals surface area contributed by atoms with E-state index in [0.717, 1.165) is 32.4 Å². The molecule has 1 aliphatic rings. The maximum atomic E-state index is 12.9. The molecule has 1 saturated heterocycles. The molecule has 5 nitrogen and oxygen atoms in total. The Bertz CT molecular complexity index is 1160. The molecule has 9 heteroatoms. The number of halogens is 1. The van der Waals surface area contributed by atoms with Gasteiger partial charge < -0.3 is 4.74 Å². The van der Waals surface area contributed by atoms with Crippen LogP contribution in [0.2, 0.25) is 0 Å². The number of carbonyl (C=O) groups is 2. The van der Waals surface area contributed by atoms with E-state index in [4.69, 9.17) is 17.0 Å². The molecule has 0 atom stereocenters. The third-order valence-corrected chi connectivity index (χ3v) is 6.91. The van der Waals surface area contributed by atoms with Crippen molar-refractivity contribution in [3.63, 3.8) is 0 Å². The van der Waals surface area contributed by atoms with Crippen molar-refractivity contribution in [3.8, 4) is 5.75 Å². The Kier molecular flexibility index (Phi) is 6.86. The van der Waals surface area contributed by atoms with Crippen LogP contribution in [0.15, 0.2) is 75.4 Å². The van der Waals surface area contributed by atoms with Crippen LogP contribution in [-0.4, -0.2) is 21.1 Å². The minimum atomic E-state index is -0.381. The van der Waals surface area contributed by atoms with Gasteiger partial charge in [0.25, 0.3) is 11.8 Å². The van der Waals surface area contributed by atoms with Gasteiger partial charge in [0, 0.05) is 10.0 Å². The minimum Gasteiger partial charge on any atom is -0.488 e. The third kappa shape index (κ3) is 5.24. The Labute approximate surface area is 201 Å². The summed E-state index contributed by atoms with van der Waals surface area (Å²) in [5.41, 5.74) is 4.35. The number of thioether (sulfide) groups is 1. The molecule has 1 fully saturated rings. The van der Waals surface area contributed by atoms with E-state index in [1.165, 1.54) is 11.3 Å². The van der Waals surface area contributed by atoms with Gasteiger partial charge in [0.2, 0.25) is 0 Å². The first-order valence-electron chi connectivity index (χ1n) is 9.10. The molecule has 0 aliphatic carbocycles. The summed E-state index contributed by atoms with van der Waals surface area (Å²) in [6.45, 7) is 0.404. The molecule has 2 aromatic carbocycles. The molecule has 2 heterocycles. The Morgan fingerprint density at radius 3 is 2.71 bits per heavy atom. The van der Waals surface area contributed by atoms with Gasteiger partial charge in [0.15, 0.2) is 4.32 Å². The number of thiophene rings is 1. The number of amides is 2. The summed E-state index contributed by atoms with van der Waals surface area (Å²) in [7, 11) is 0. The van der Waals surface area contributed by atoms with Crippen LogP contribution in [0, 0.1) is 0 Å². The van der Waals surface area contributed by atoms with Crippen molar-refractivity contribution in [2.24, 2.45) is 0 Å². The van der Waals surface area contributed by atoms with E-state index < -0.39 is 0 Å². The number of hydrazine groups is 1. The summed E-state index contributed by atoms with van der Waals surface area (Å²) >= 11 is 11.2. The second-order valence-electron chi connectivity index (χ2n) is 6.39. The molecule has 2 amide bonds. The molecule has 1 N–H and O–H groups in total. The third-order valence-electron chi connectivity index (χ3n) is 4.25. The molecule has 1 aromatic heterocycles. The zero-order valence-electron chi connectivity index (χ0n) is 15.9. The molecular formula is C22H15BrN2O3S3. The quantitative estimate of drug-likeness (QED) is 0.330. The Morgan fingerprint density at radius 1 is 1.16 bits per heavy atom. The predicted molar refractivity (Wildman–Crippen MR) is 132 cm³/mol. The normalized spacial score (nSPS) is 14.9. The fraction of sp³-hybridized carbons (Fsp3) is 0.0455. The molecular weight excluding hydrogens is 516 g/mol. The number of thiocarbonyl (C=S) groups is 1. The minimum absolute atomic E-state index is 0.267. The first-order chi connectivity index (χ1) is 15.0. The van der Waals surface area contributed by atoms with E-state index in [1.807, 2.05) is 48.5 Å². The van der Waals surface area contributed by atoms with Crippen LogP contribution in [0.5, 0.6) is 5.75 Å². The van der Waals surface area contributed by atoms with Crippen molar-refractivity contribution in [1.82, 2.24) is 10.4 Å². The number of rotatable bonds is 6. The van der Waals surface area contributed by atoms with Crippen LogP contribution in [0.1, 0.15) is 20.8 Å². The van der Waals surface area contributed by atoms with E-state index in [9.17, 15) is 9.59 Å². The van der Waals surface area contributed by atoms with Gasteiger partial charge in [-0.05, 0) is 53.5 Å². The van der Waals surface area contributed by atoms with Crippen LogP contribution >= 0.6 is 51.2 Å². The number of benzene rings is 2. The fourth-order valence-corrected chi connectivity index (χ4v) is 4.93. The van der Waals surface area contributed by atoms with E-state index in [2.05, 4.69) is 21.4 Å². The van der Waals surface area contributed by atoms with Gasteiger partial charge in [-0.1, -0.05) is 64.1 Å². The van der Waals surface area contributed by atoms with Gasteiger partial charge in [-0.15, -0.1) is 11.3 Å². The second kappa shape index (κ2) is 9.78. The average molecular weight is 531 g/mol. The van der Waals surface area contributed by atoms with Crippen LogP contribution in [-0.2, 0) is 11.4 Å². The Hall–Kier alpha value is -2.46. The van der Waals surface area contributed by atoms with Crippen LogP contribution in [0.3, 0.4) is 0 Å². The molecule has 0 bridgehead atoms. The maximum Gasteiger partial charge on any atom is 0.285 e. The van der Waals surface area contributed by atoms with Gasteiger partial charge in [0.1, 0.15) is 12.4 Å². The average Bonchev–Trinajstić information content (AvgIpc) is 3.39. The highest BCUT2D eigenvalue weighted by atomic mass is 79.9. The summed E-state index contributed by atoms with van der Waals surface area (Å²) in [4.78, 5) is 26.1. The molecule has 3 aromatic rings. The van der Waals surface area contributed by atoms with Crippen molar-refractivity contribution in [1.29, 1.82) is 0 Å². The van der Waals surface area contributed by atoms with Gasteiger partial charge in [-0.2, -0.15) is 5.01 Å². The topological polar surface area (TPSA) is 58.6 Å². The van der Waals surface area contributed by atoms with E-state index in [-0.39, 0.29) is 16.1 Å². The van der Waals surface area contributed by atoms with Crippen LogP contribution < -0.4 is 10.2 Å². The standard InChI is InChI=1S/C22H15BrN2O3S3/c23-16-8-9-17(28-13-14-5-2-1-3-6-14)15(11-16)12-19-21(27)25(22(29)31-19)24-20(26)18-7-4-10-30-18/h1-12H,13H2,(H,24,26)/b19-12-. The van der Waals surface area contributed by atoms with Gasteiger partial charge in [-0.3, -0.25) is 15.0 Å². The Morgan fingerprint density at radius 2 is 1.97 bits per heavy atom. The first-order valence-corrected chi connectivity index (χ1v) is 12.0. The number of hydrogen-bond acceptors (Lipinski definition) is 6. The van der Waals surface area contributed by atoms with E-state index in [0.29, 0.717) is 22.1 Å². The number of nitrogens with one attached hydrogen (secondary N) is 1. The second-order valence-corrected chi connectivity index (χ2v) is 9.93. The molecule has 1 aliphatic heterocycles. The highest BCUT2D eigenvalue weighted by molar-refractivity contribution is 9.10. The van der Waals surface area contributed by atoms with E-state index >= 15 is 0 Å². The fourth-order valence-electron chi connectivity index (χ4n) is 2.77. The van der Waals surface area contributed by atoms with Crippen molar-refractivity contribution < 1.29 is 14.3 Å². The van der Waals surface area contributed by atoms with Crippen LogP contribution in [0.4, 0.5) is 0 Å². The molecule has 156 valence electrons. The SMILES string of the molecule is O=C(NN1C(=O)/C(=C/c2cc(Br)ccc2OCc2ccccc2)SC1=S)c1cccs1. The zero-order valence-corrected chi connectivity index (χ0v) is 19.9. The first kappa shape index (κ1) is 21.8. The summed E-state index contributed by atoms with van der Waals surface area (Å²) in [5, 5.41) is 2.90. The summed E-state index contributed by atoms with van der Waals surface area (Å²) in [6, 6.07) is 18.9. The maximum absolute atomic E-state index is 12.9. The van der Waals surface area contributed by atoms with Gasteiger partial charge in [-0.25, -0.2) is 0 Å². The van der Waals surface area contributed by atoms with Crippen molar-refractivity contribution in [3.05, 3.63) is 91.4 Å². The number of ether oxygens (including phenoxy) is 1. The molecule has 0 radical (unpaired) electrons. The van der Waals surface area contributed by atoms with Crippen molar-refractivity contribution in [2.45, 2.75) is 6.61 Å². The summed E-state index contributed by atoms with van der Waals surface area (Å²) in [6.07, 6.45) is 1.72. The highest BCUT2D eigenvalue weighted by Gasteiger charge is 2.34. The highest BCUT2D eigenvalue weighted by Crippen LogP contribution is 2.34. The number of hydrogen-bond donors (Lipinski definition) is 1. The summed E-state index contributed by atoms with van der Waals surface area (Å²) in [5.74, 6) is -0.115. The van der Waals surface area contributed by atoms with Gasteiger partial charge >= 0.3 is 0 Å². The Balaban J connectivity index is 1.54. The molecule has 0 spiro atoms. The lowest BCUT2D eigenvalue weighted by Crippen LogP contribution is -2.44. The molecule has 0 saturated carbocycles. The van der Waals surface area contributed by atoms with E-state index in [1.54, 1.807) is 23.6 Å². The monoisotopic (exact) mass is 530 g/mol. The van der Waals surface area contributed by atoms with Gasteiger partial charge in [0.05, 0.1) is 9.78 Å². The lowest BCUT2D eigenvalue weighted by molar-refractivity contribution is -0.123. The molecule has 4 rings (SSSR count). The predicted octanol–water partition coefficient (Wildman–Crippen LogP) is 5.64. The molecule has 0 unspecified atom stereocenters. The largest absolute Gasteiger partial charge is 0.488 e. The number of nitrogens with zero attached hydrogens (tertiary/aromatic N) is 1. The lowest BCUT2D eigenvalue weighted by atomic mass is 10.2. The van der Waals surface area contributed by atoms with Crippen LogP contribution in [0.25, 0.3) is 6.08 Å². The van der Waals surface area contributed by atoms with Crippen molar-refractivity contribution in [2.75, 3.05) is 0 Å².